The SMILES string of the molecule is CN1C(=O)CSC1=Nc1ccc(NOC(=O)C(C)(C)C)cc1. The summed E-state index contributed by atoms with van der Waals surface area (Å²) >= 11 is 1.42. The molecular weight excluding hydrogens is 302 g/mol. The molecule has 0 aromatic heterocycles. The number of carbonyl (C=O) groups is 2. The molecule has 0 saturated carbocycles. The van der Waals surface area contributed by atoms with Crippen LogP contribution in [0.15, 0.2) is 29.3 Å². The largest absolute Gasteiger partial charge is 0.343 e. The quantitative estimate of drug-likeness (QED) is 0.867. The van der Waals surface area contributed by atoms with E-state index in [0.29, 0.717) is 16.6 Å². The topological polar surface area (TPSA) is 71.0 Å². The Bertz CT molecular complexity index is 605. The maximum absolute atomic E-state index is 11.7. The molecule has 0 spiro atoms. The highest BCUT2D eigenvalue weighted by molar-refractivity contribution is 8.15. The van der Waals surface area contributed by atoms with E-state index in [4.69, 9.17) is 4.84 Å². The third-order valence-corrected chi connectivity index (χ3v) is 3.97. The number of hydrogen-bond donors (Lipinski definition) is 1. The lowest BCUT2D eigenvalue weighted by Gasteiger charge is -2.16. The van der Waals surface area contributed by atoms with Gasteiger partial charge in [-0.2, -0.15) is 0 Å². The van der Waals surface area contributed by atoms with Gasteiger partial charge in [0, 0.05) is 7.05 Å². The summed E-state index contributed by atoms with van der Waals surface area (Å²) < 4.78 is 0. The second-order valence-corrected chi connectivity index (χ2v) is 6.87. The number of nitrogens with zero attached hydrogens (tertiary/aromatic N) is 2. The lowest BCUT2D eigenvalue weighted by molar-refractivity contribution is -0.149. The Labute approximate surface area is 133 Å². The fourth-order valence-electron chi connectivity index (χ4n) is 1.51. The molecule has 0 bridgehead atoms. The van der Waals surface area contributed by atoms with Gasteiger partial charge in [0.15, 0.2) is 5.17 Å². The minimum Gasteiger partial charge on any atom is -0.343 e. The highest BCUT2D eigenvalue weighted by Gasteiger charge is 2.24. The molecular formula is C15H19N3O3S. The summed E-state index contributed by atoms with van der Waals surface area (Å²) in [6.07, 6.45) is 0. The molecule has 118 valence electrons. The maximum Gasteiger partial charge on any atom is 0.337 e. The number of thioether (sulfide) groups is 1. The molecule has 1 amide bonds. The highest BCUT2D eigenvalue weighted by atomic mass is 32.2. The molecule has 0 atom stereocenters. The Morgan fingerprint density at radius 2 is 1.95 bits per heavy atom. The first-order valence-electron chi connectivity index (χ1n) is 6.83. The Morgan fingerprint density at radius 1 is 1.32 bits per heavy atom. The molecule has 22 heavy (non-hydrogen) atoms. The Balaban J connectivity index is 1.98. The van der Waals surface area contributed by atoms with Crippen LogP contribution >= 0.6 is 11.8 Å². The summed E-state index contributed by atoms with van der Waals surface area (Å²) in [5.74, 6) is 0.146. The molecule has 1 aliphatic heterocycles. The van der Waals surface area contributed by atoms with Crippen LogP contribution in [0.3, 0.4) is 0 Å². The van der Waals surface area contributed by atoms with Gasteiger partial charge >= 0.3 is 5.97 Å². The van der Waals surface area contributed by atoms with E-state index >= 15 is 0 Å². The van der Waals surface area contributed by atoms with E-state index in [1.165, 1.54) is 11.8 Å². The van der Waals surface area contributed by atoms with Gasteiger partial charge in [0.25, 0.3) is 0 Å². The van der Waals surface area contributed by atoms with Gasteiger partial charge in [-0.25, -0.2) is 15.3 Å². The van der Waals surface area contributed by atoms with Crippen LogP contribution in [0, 0.1) is 5.41 Å². The van der Waals surface area contributed by atoms with Gasteiger partial charge < -0.3 is 4.84 Å². The van der Waals surface area contributed by atoms with Gasteiger partial charge in [0.05, 0.1) is 22.5 Å². The number of anilines is 1. The van der Waals surface area contributed by atoms with Crippen molar-refractivity contribution < 1.29 is 14.4 Å². The fraction of sp³-hybridized carbons (Fsp3) is 0.400. The second kappa shape index (κ2) is 6.39. The summed E-state index contributed by atoms with van der Waals surface area (Å²) in [7, 11) is 1.71. The van der Waals surface area contributed by atoms with Crippen LogP contribution in [-0.4, -0.2) is 34.7 Å². The van der Waals surface area contributed by atoms with Crippen molar-refractivity contribution in [3.8, 4) is 0 Å². The van der Waals surface area contributed by atoms with E-state index in [1.807, 2.05) is 0 Å². The molecule has 1 aliphatic rings. The molecule has 0 radical (unpaired) electrons. The number of benzene rings is 1. The summed E-state index contributed by atoms with van der Waals surface area (Å²) in [6.45, 7) is 5.35. The maximum atomic E-state index is 11.7. The summed E-state index contributed by atoms with van der Waals surface area (Å²) in [4.78, 5) is 34.1. The summed E-state index contributed by atoms with van der Waals surface area (Å²) in [6, 6.07) is 7.10. The van der Waals surface area contributed by atoms with Crippen molar-refractivity contribution in [2.24, 2.45) is 10.4 Å². The number of nitrogens with one attached hydrogen (secondary N) is 1. The van der Waals surface area contributed by atoms with E-state index < -0.39 is 5.41 Å². The monoisotopic (exact) mass is 321 g/mol. The van der Waals surface area contributed by atoms with Crippen molar-refractivity contribution in [2.45, 2.75) is 20.8 Å². The van der Waals surface area contributed by atoms with Crippen LogP contribution in [0.4, 0.5) is 11.4 Å². The van der Waals surface area contributed by atoms with Crippen LogP contribution in [0.1, 0.15) is 20.8 Å². The molecule has 7 heteroatoms. The smallest absolute Gasteiger partial charge is 0.337 e. The van der Waals surface area contributed by atoms with Gasteiger partial charge in [-0.1, -0.05) is 11.8 Å². The molecule has 1 heterocycles. The normalized spacial score (nSPS) is 17.0. The molecule has 6 nitrogen and oxygen atoms in total. The van der Waals surface area contributed by atoms with E-state index in [1.54, 1.807) is 57.0 Å². The van der Waals surface area contributed by atoms with E-state index in [9.17, 15) is 9.59 Å². The fourth-order valence-corrected chi connectivity index (χ4v) is 2.42. The summed E-state index contributed by atoms with van der Waals surface area (Å²) in [5.41, 5.74) is 3.45. The number of amidine groups is 1. The van der Waals surface area contributed by atoms with Gasteiger partial charge in [-0.05, 0) is 45.0 Å². The van der Waals surface area contributed by atoms with Crippen LogP contribution in [0.5, 0.6) is 0 Å². The predicted molar refractivity (Wildman–Crippen MR) is 87.9 cm³/mol. The first-order valence-corrected chi connectivity index (χ1v) is 7.81. The predicted octanol–water partition coefficient (Wildman–Crippen LogP) is 2.80. The third kappa shape index (κ3) is 4.00. The molecule has 2 rings (SSSR count). The average Bonchev–Trinajstić information content (AvgIpc) is 2.77. The van der Waals surface area contributed by atoms with Crippen LogP contribution < -0.4 is 5.48 Å². The average molecular weight is 321 g/mol. The minimum atomic E-state index is -0.560. The number of aliphatic imine (C=N–C) groups is 1. The lowest BCUT2D eigenvalue weighted by Crippen LogP contribution is -2.25. The van der Waals surface area contributed by atoms with Crippen LogP contribution in [0.25, 0.3) is 0 Å². The van der Waals surface area contributed by atoms with Crippen molar-refractivity contribution >= 4 is 40.2 Å². The van der Waals surface area contributed by atoms with Crippen LogP contribution in [-0.2, 0) is 14.4 Å². The van der Waals surface area contributed by atoms with Crippen molar-refractivity contribution in [2.75, 3.05) is 18.3 Å². The number of rotatable bonds is 3. The van der Waals surface area contributed by atoms with Gasteiger partial charge in [-0.15, -0.1) is 0 Å². The molecule has 0 aliphatic carbocycles. The zero-order valence-corrected chi connectivity index (χ0v) is 13.9. The molecule has 1 aromatic rings. The second-order valence-electron chi connectivity index (χ2n) is 5.92. The molecule has 1 aromatic carbocycles. The molecule has 1 N–H and O–H groups in total. The van der Waals surface area contributed by atoms with E-state index in [0.717, 1.165) is 5.69 Å². The zero-order valence-electron chi connectivity index (χ0n) is 13.0. The number of carbonyl (C=O) groups excluding carboxylic acids is 2. The van der Waals surface area contributed by atoms with Gasteiger partial charge in [0.1, 0.15) is 0 Å². The standard InChI is InChI=1S/C15H19N3O3S/c1-15(2,3)13(20)21-17-11-7-5-10(6-8-11)16-14-18(4)12(19)9-22-14/h5-8,17H,9H2,1-4H3. The van der Waals surface area contributed by atoms with Gasteiger partial charge in [0.2, 0.25) is 5.91 Å². The van der Waals surface area contributed by atoms with E-state index in [-0.39, 0.29) is 11.9 Å². The number of amides is 1. The van der Waals surface area contributed by atoms with Crippen molar-refractivity contribution in [3.05, 3.63) is 24.3 Å². The van der Waals surface area contributed by atoms with Crippen molar-refractivity contribution in [1.29, 1.82) is 0 Å². The van der Waals surface area contributed by atoms with Crippen molar-refractivity contribution in [3.63, 3.8) is 0 Å². The highest BCUT2D eigenvalue weighted by Crippen LogP contribution is 2.24. The Morgan fingerprint density at radius 3 is 2.45 bits per heavy atom. The lowest BCUT2D eigenvalue weighted by atomic mass is 9.98. The van der Waals surface area contributed by atoms with Crippen molar-refractivity contribution in [1.82, 2.24) is 4.90 Å². The molecule has 1 saturated heterocycles. The first-order chi connectivity index (χ1) is 10.3. The first kappa shape index (κ1) is 16.4. The Kier molecular flexibility index (Phi) is 4.75. The summed E-state index contributed by atoms with van der Waals surface area (Å²) in [5, 5.41) is 0.685. The van der Waals surface area contributed by atoms with Crippen LogP contribution in [0.2, 0.25) is 0 Å². The zero-order chi connectivity index (χ0) is 16.3. The minimum absolute atomic E-state index is 0.0520. The van der Waals surface area contributed by atoms with E-state index in [2.05, 4.69) is 10.5 Å². The molecule has 1 fully saturated rings. The molecule has 0 unspecified atom stereocenters. The number of hydrogen-bond acceptors (Lipinski definition) is 6. The third-order valence-electron chi connectivity index (χ3n) is 2.95. The van der Waals surface area contributed by atoms with Gasteiger partial charge in [-0.3, -0.25) is 9.69 Å². The Hall–Kier alpha value is -2.02.